The topological polar surface area (TPSA) is 47.0 Å². The van der Waals surface area contributed by atoms with Gasteiger partial charge in [0.15, 0.2) is 5.82 Å². The molecule has 2 aromatic rings. The Labute approximate surface area is 128 Å². The molecule has 0 fully saturated rings. The first-order chi connectivity index (χ1) is 9.58. The summed E-state index contributed by atoms with van der Waals surface area (Å²) in [6, 6.07) is 7.29. The smallest absolute Gasteiger partial charge is 0.158 e. The third-order valence-electron chi connectivity index (χ3n) is 2.64. The van der Waals surface area contributed by atoms with Gasteiger partial charge in [0.05, 0.1) is 0 Å². The van der Waals surface area contributed by atoms with Crippen molar-refractivity contribution in [1.82, 2.24) is 9.97 Å². The third-order valence-corrected chi connectivity index (χ3v) is 3.07. The van der Waals surface area contributed by atoms with Gasteiger partial charge in [0.25, 0.3) is 0 Å². The van der Waals surface area contributed by atoms with Gasteiger partial charge in [-0.25, -0.2) is 9.97 Å². The van der Waals surface area contributed by atoms with E-state index in [1.165, 1.54) is 0 Å². The largest absolute Gasteiger partial charge is 0.374 e. The van der Waals surface area contributed by atoms with Crippen molar-refractivity contribution < 1.29 is 4.74 Å². The normalized spacial score (nSPS) is 10.6. The van der Waals surface area contributed by atoms with Crippen molar-refractivity contribution in [2.24, 2.45) is 0 Å². The van der Waals surface area contributed by atoms with Crippen molar-refractivity contribution in [2.75, 3.05) is 11.9 Å². The molecule has 2 rings (SSSR count). The Balaban J connectivity index is 2.24. The van der Waals surface area contributed by atoms with E-state index in [1.807, 2.05) is 32.0 Å². The number of nitrogens with zero attached hydrogens (tertiary/aromatic N) is 2. The summed E-state index contributed by atoms with van der Waals surface area (Å²) in [5.41, 5.74) is 1.95. The van der Waals surface area contributed by atoms with Gasteiger partial charge in [0, 0.05) is 23.4 Å². The van der Waals surface area contributed by atoms with Gasteiger partial charge in [-0.15, -0.1) is 0 Å². The van der Waals surface area contributed by atoms with E-state index in [-0.39, 0.29) is 0 Å². The van der Waals surface area contributed by atoms with Gasteiger partial charge in [-0.1, -0.05) is 29.3 Å². The molecule has 0 aliphatic rings. The molecule has 0 unspecified atom stereocenters. The number of halogens is 2. The van der Waals surface area contributed by atoms with E-state index in [9.17, 15) is 0 Å². The number of hydrogen-bond acceptors (Lipinski definition) is 4. The van der Waals surface area contributed by atoms with E-state index in [2.05, 4.69) is 15.3 Å². The molecular formula is C14H15Cl2N3O. The van der Waals surface area contributed by atoms with Crippen LogP contribution in [0, 0.1) is 6.92 Å². The van der Waals surface area contributed by atoms with Crippen LogP contribution in [0.4, 0.5) is 11.5 Å². The summed E-state index contributed by atoms with van der Waals surface area (Å²) in [5, 5.41) is 4.23. The van der Waals surface area contributed by atoms with Crippen molar-refractivity contribution in [1.29, 1.82) is 0 Å². The second-order valence-corrected chi connectivity index (χ2v) is 5.04. The maximum atomic E-state index is 6.00. The highest BCUT2D eigenvalue weighted by molar-refractivity contribution is 6.31. The third kappa shape index (κ3) is 4.07. The zero-order valence-electron chi connectivity index (χ0n) is 11.3. The van der Waals surface area contributed by atoms with E-state index in [0.29, 0.717) is 35.0 Å². The zero-order valence-corrected chi connectivity index (χ0v) is 12.8. The first-order valence-corrected chi connectivity index (χ1v) is 6.98. The number of nitrogens with one attached hydrogen (secondary N) is 1. The van der Waals surface area contributed by atoms with Gasteiger partial charge in [0.1, 0.15) is 17.6 Å². The predicted octanol–water partition coefficient (Wildman–Crippen LogP) is 4.37. The van der Waals surface area contributed by atoms with Crippen LogP contribution in [-0.2, 0) is 11.3 Å². The molecule has 0 amide bonds. The van der Waals surface area contributed by atoms with Crippen LogP contribution in [0.25, 0.3) is 0 Å². The SMILES string of the molecule is CCOCc1nc(Cl)cc(Nc2cc(Cl)ccc2C)n1. The van der Waals surface area contributed by atoms with Crippen LogP contribution in [0.2, 0.25) is 10.2 Å². The van der Waals surface area contributed by atoms with Crippen LogP contribution in [-0.4, -0.2) is 16.6 Å². The molecule has 6 heteroatoms. The summed E-state index contributed by atoms with van der Waals surface area (Å²) >= 11 is 12.0. The van der Waals surface area contributed by atoms with Crippen LogP contribution in [0.3, 0.4) is 0 Å². The fraction of sp³-hybridized carbons (Fsp3) is 0.286. The van der Waals surface area contributed by atoms with Crippen molar-refractivity contribution in [3.63, 3.8) is 0 Å². The van der Waals surface area contributed by atoms with Crippen LogP contribution in [0.1, 0.15) is 18.3 Å². The van der Waals surface area contributed by atoms with E-state index in [4.69, 9.17) is 27.9 Å². The molecular weight excluding hydrogens is 297 g/mol. The summed E-state index contributed by atoms with van der Waals surface area (Å²) < 4.78 is 5.29. The monoisotopic (exact) mass is 311 g/mol. The van der Waals surface area contributed by atoms with Crippen LogP contribution >= 0.6 is 23.2 Å². The van der Waals surface area contributed by atoms with Gasteiger partial charge >= 0.3 is 0 Å². The van der Waals surface area contributed by atoms with E-state index >= 15 is 0 Å². The van der Waals surface area contributed by atoms with Gasteiger partial charge in [-0.2, -0.15) is 0 Å². The maximum absolute atomic E-state index is 6.00. The van der Waals surface area contributed by atoms with Crippen LogP contribution < -0.4 is 5.32 Å². The number of hydrogen-bond donors (Lipinski definition) is 1. The maximum Gasteiger partial charge on any atom is 0.158 e. The van der Waals surface area contributed by atoms with Gasteiger partial charge in [0.2, 0.25) is 0 Å². The van der Waals surface area contributed by atoms with Crippen molar-refractivity contribution in [3.05, 3.63) is 45.8 Å². The summed E-state index contributed by atoms with van der Waals surface area (Å²) in [5.74, 6) is 1.16. The molecule has 20 heavy (non-hydrogen) atoms. The Morgan fingerprint density at radius 3 is 2.75 bits per heavy atom. The first-order valence-electron chi connectivity index (χ1n) is 6.23. The molecule has 1 N–H and O–H groups in total. The minimum Gasteiger partial charge on any atom is -0.374 e. The first kappa shape index (κ1) is 15.0. The van der Waals surface area contributed by atoms with Crippen molar-refractivity contribution in [2.45, 2.75) is 20.5 Å². The Kier molecular flexibility index (Phi) is 5.17. The highest BCUT2D eigenvalue weighted by Crippen LogP contribution is 2.24. The number of anilines is 2. The molecule has 0 saturated carbocycles. The Hall–Kier alpha value is -1.36. The molecule has 0 bridgehead atoms. The fourth-order valence-corrected chi connectivity index (χ4v) is 2.03. The fourth-order valence-electron chi connectivity index (χ4n) is 1.65. The minimum atomic E-state index is 0.334. The molecule has 4 nitrogen and oxygen atoms in total. The average Bonchev–Trinajstić information content (AvgIpc) is 2.40. The molecule has 0 radical (unpaired) electrons. The van der Waals surface area contributed by atoms with Crippen LogP contribution in [0.5, 0.6) is 0 Å². The Morgan fingerprint density at radius 1 is 1.20 bits per heavy atom. The molecule has 1 aromatic carbocycles. The number of aryl methyl sites for hydroxylation is 1. The second-order valence-electron chi connectivity index (χ2n) is 4.21. The van der Waals surface area contributed by atoms with Crippen molar-refractivity contribution >= 4 is 34.7 Å². The van der Waals surface area contributed by atoms with Crippen LogP contribution in [0.15, 0.2) is 24.3 Å². The molecule has 0 aliphatic heterocycles. The lowest BCUT2D eigenvalue weighted by Gasteiger charge is -2.10. The van der Waals surface area contributed by atoms with Gasteiger partial charge < -0.3 is 10.1 Å². The molecule has 106 valence electrons. The molecule has 1 heterocycles. The predicted molar refractivity (Wildman–Crippen MR) is 81.8 cm³/mol. The quantitative estimate of drug-likeness (QED) is 0.833. The standard InChI is InChI=1S/C14H15Cl2N3O/c1-3-20-8-14-18-12(16)7-13(19-14)17-11-6-10(15)5-4-9(11)2/h4-7H,3,8H2,1-2H3,(H,17,18,19). The lowest BCUT2D eigenvalue weighted by molar-refractivity contribution is 0.128. The van der Waals surface area contributed by atoms with E-state index < -0.39 is 0 Å². The highest BCUT2D eigenvalue weighted by atomic mass is 35.5. The van der Waals surface area contributed by atoms with Crippen molar-refractivity contribution in [3.8, 4) is 0 Å². The minimum absolute atomic E-state index is 0.334. The summed E-state index contributed by atoms with van der Waals surface area (Å²) in [7, 11) is 0. The number of aromatic nitrogens is 2. The summed E-state index contributed by atoms with van der Waals surface area (Å²) in [6.07, 6.45) is 0. The zero-order chi connectivity index (χ0) is 14.5. The van der Waals surface area contributed by atoms with E-state index in [0.717, 1.165) is 11.3 Å². The van der Waals surface area contributed by atoms with E-state index in [1.54, 1.807) is 6.07 Å². The lowest BCUT2D eigenvalue weighted by atomic mass is 10.2. The number of ether oxygens (including phenoxy) is 1. The lowest BCUT2D eigenvalue weighted by Crippen LogP contribution is -2.03. The molecule has 0 atom stereocenters. The molecule has 0 aliphatic carbocycles. The second kappa shape index (κ2) is 6.88. The number of rotatable bonds is 5. The Bertz CT molecular complexity index is 605. The summed E-state index contributed by atoms with van der Waals surface area (Å²) in [4.78, 5) is 8.48. The Morgan fingerprint density at radius 2 is 2.00 bits per heavy atom. The molecule has 1 aromatic heterocycles. The van der Waals surface area contributed by atoms with Gasteiger partial charge in [-0.3, -0.25) is 0 Å². The summed E-state index contributed by atoms with van der Waals surface area (Å²) in [6.45, 7) is 4.84. The number of benzene rings is 1. The highest BCUT2D eigenvalue weighted by Gasteiger charge is 2.06. The average molecular weight is 312 g/mol. The molecule has 0 saturated heterocycles. The van der Waals surface area contributed by atoms with Gasteiger partial charge in [-0.05, 0) is 31.5 Å². The molecule has 0 spiro atoms.